The normalized spacial score (nSPS) is 29.2. The summed E-state index contributed by atoms with van der Waals surface area (Å²) < 4.78 is 29.1. The van der Waals surface area contributed by atoms with E-state index in [-0.39, 0.29) is 24.3 Å². The van der Waals surface area contributed by atoms with Crippen LogP contribution in [0.5, 0.6) is 5.75 Å². The van der Waals surface area contributed by atoms with Gasteiger partial charge in [-0.3, -0.25) is 0 Å². The molecule has 0 amide bonds. The van der Waals surface area contributed by atoms with Gasteiger partial charge in [-0.15, -0.1) is 0 Å². The van der Waals surface area contributed by atoms with E-state index in [9.17, 15) is 13.5 Å². The van der Waals surface area contributed by atoms with Crippen molar-refractivity contribution in [2.75, 3.05) is 11.5 Å². The zero-order valence-corrected chi connectivity index (χ0v) is 12.1. The maximum absolute atomic E-state index is 11.6. The summed E-state index contributed by atoms with van der Waals surface area (Å²) in [5.74, 6) is 0.512. The first-order valence-electron chi connectivity index (χ1n) is 6.71. The fraction of sp³-hybridized carbons (Fsp3) is 0.500. The summed E-state index contributed by atoms with van der Waals surface area (Å²) in [5.41, 5.74) is 6.18. The minimum absolute atomic E-state index is 0.00769. The number of ether oxygens (including phenoxy) is 1. The van der Waals surface area contributed by atoms with E-state index in [0.717, 1.165) is 0 Å². The predicted octanol–water partition coefficient (Wildman–Crippen LogP) is 0.938. The molecule has 1 saturated heterocycles. The first kappa shape index (κ1) is 14.3. The standard InChI is InChI=1S/C14H16N2O4S/c1-16-9-2-3-11-10(8-9)12(15)13(17)14(20-11)4-6-21(18,19)7-5-14/h2-3,8,12-13,17H,4-7,15H2/t12-,13+/m1/s1. The van der Waals surface area contributed by atoms with Crippen LogP contribution >= 0.6 is 0 Å². The van der Waals surface area contributed by atoms with E-state index in [1.807, 2.05) is 0 Å². The second kappa shape index (κ2) is 4.70. The van der Waals surface area contributed by atoms with Crippen molar-refractivity contribution in [1.29, 1.82) is 0 Å². The van der Waals surface area contributed by atoms with Gasteiger partial charge in [0.15, 0.2) is 15.5 Å². The molecule has 2 atom stereocenters. The van der Waals surface area contributed by atoms with Crippen molar-refractivity contribution in [3.05, 3.63) is 35.2 Å². The lowest BCUT2D eigenvalue weighted by molar-refractivity contribution is -0.0867. The maximum atomic E-state index is 11.6. The summed E-state index contributed by atoms with van der Waals surface area (Å²) in [5, 5.41) is 10.5. The van der Waals surface area contributed by atoms with E-state index >= 15 is 0 Å². The van der Waals surface area contributed by atoms with Gasteiger partial charge in [0.25, 0.3) is 0 Å². The van der Waals surface area contributed by atoms with Crippen molar-refractivity contribution in [3.8, 4) is 5.75 Å². The average molecular weight is 308 g/mol. The number of sulfone groups is 1. The van der Waals surface area contributed by atoms with E-state index in [2.05, 4.69) is 4.85 Å². The highest BCUT2D eigenvalue weighted by Crippen LogP contribution is 2.44. The number of hydrogen-bond donors (Lipinski definition) is 2. The number of hydrogen-bond acceptors (Lipinski definition) is 5. The molecule has 2 aliphatic rings. The molecular weight excluding hydrogens is 292 g/mol. The molecule has 0 aliphatic carbocycles. The zero-order chi connectivity index (χ0) is 15.3. The van der Waals surface area contributed by atoms with Gasteiger partial charge in [-0.2, -0.15) is 0 Å². The second-order valence-electron chi connectivity index (χ2n) is 5.62. The van der Waals surface area contributed by atoms with Crippen LogP contribution in [0.4, 0.5) is 5.69 Å². The summed E-state index contributed by atoms with van der Waals surface area (Å²) in [6, 6.07) is 4.22. The lowest BCUT2D eigenvalue weighted by Crippen LogP contribution is -2.58. The Balaban J connectivity index is 1.99. The van der Waals surface area contributed by atoms with E-state index < -0.39 is 27.6 Å². The third-order valence-corrected chi connectivity index (χ3v) is 6.00. The molecular formula is C14H16N2O4S. The van der Waals surface area contributed by atoms with E-state index in [1.54, 1.807) is 18.2 Å². The van der Waals surface area contributed by atoms with Crippen molar-refractivity contribution in [3.63, 3.8) is 0 Å². The zero-order valence-electron chi connectivity index (χ0n) is 11.3. The number of aliphatic hydroxyl groups excluding tert-OH is 1. The fourth-order valence-corrected chi connectivity index (χ4v) is 4.53. The molecule has 0 saturated carbocycles. The average Bonchev–Trinajstić information content (AvgIpc) is 2.48. The van der Waals surface area contributed by atoms with Crippen LogP contribution in [0.3, 0.4) is 0 Å². The SMILES string of the molecule is [C-]#[N+]c1ccc2c(c1)[C@@H](N)[C@H](O)C1(CCS(=O)(=O)CC1)O2. The number of nitrogens with two attached hydrogens (primary N) is 1. The van der Waals surface area contributed by atoms with Crippen molar-refractivity contribution in [1.82, 2.24) is 0 Å². The Hall–Kier alpha value is -1.62. The molecule has 2 heterocycles. The molecule has 2 aliphatic heterocycles. The van der Waals surface area contributed by atoms with Crippen molar-refractivity contribution >= 4 is 15.5 Å². The van der Waals surface area contributed by atoms with Crippen LogP contribution in [0.1, 0.15) is 24.4 Å². The molecule has 21 heavy (non-hydrogen) atoms. The molecule has 1 fully saturated rings. The minimum Gasteiger partial charge on any atom is -0.484 e. The molecule has 0 aromatic heterocycles. The van der Waals surface area contributed by atoms with Crippen molar-refractivity contribution < 1.29 is 18.3 Å². The van der Waals surface area contributed by atoms with Gasteiger partial charge in [-0.25, -0.2) is 13.3 Å². The van der Waals surface area contributed by atoms with Crippen molar-refractivity contribution in [2.24, 2.45) is 5.73 Å². The Labute approximate surface area is 123 Å². The largest absolute Gasteiger partial charge is 0.484 e. The van der Waals surface area contributed by atoms with Crippen LogP contribution < -0.4 is 10.5 Å². The molecule has 3 rings (SSSR count). The number of fused-ring (bicyclic) bond motifs is 1. The molecule has 0 bridgehead atoms. The van der Waals surface area contributed by atoms with Gasteiger partial charge in [0, 0.05) is 18.4 Å². The smallest absolute Gasteiger partial charge is 0.187 e. The van der Waals surface area contributed by atoms with Crippen LogP contribution in [0, 0.1) is 6.57 Å². The molecule has 7 heteroatoms. The fourth-order valence-electron chi connectivity index (χ4n) is 3.02. The number of benzene rings is 1. The predicted molar refractivity (Wildman–Crippen MR) is 76.9 cm³/mol. The van der Waals surface area contributed by atoms with E-state index in [0.29, 0.717) is 17.0 Å². The Morgan fingerprint density at radius 2 is 2.05 bits per heavy atom. The van der Waals surface area contributed by atoms with Gasteiger partial charge < -0.3 is 15.6 Å². The summed E-state index contributed by atoms with van der Waals surface area (Å²) in [4.78, 5) is 3.34. The molecule has 1 aromatic carbocycles. The Morgan fingerprint density at radius 1 is 1.38 bits per heavy atom. The van der Waals surface area contributed by atoms with E-state index in [4.69, 9.17) is 17.0 Å². The summed E-state index contributed by atoms with van der Waals surface area (Å²) in [7, 11) is -3.06. The maximum Gasteiger partial charge on any atom is 0.187 e. The topological polar surface area (TPSA) is 94.0 Å². The quantitative estimate of drug-likeness (QED) is 0.696. The number of rotatable bonds is 0. The van der Waals surface area contributed by atoms with Crippen molar-refractivity contribution in [2.45, 2.75) is 30.6 Å². The molecule has 1 spiro atoms. The summed E-state index contributed by atoms with van der Waals surface area (Å²) in [6.07, 6.45) is -0.524. The van der Waals surface area contributed by atoms with Gasteiger partial charge >= 0.3 is 0 Å². The highest BCUT2D eigenvalue weighted by molar-refractivity contribution is 7.91. The minimum atomic E-state index is -3.06. The highest BCUT2D eigenvalue weighted by atomic mass is 32.2. The highest BCUT2D eigenvalue weighted by Gasteiger charge is 2.50. The monoisotopic (exact) mass is 308 g/mol. The first-order chi connectivity index (χ1) is 9.87. The van der Waals surface area contributed by atoms with Crippen LogP contribution in [-0.2, 0) is 9.84 Å². The molecule has 112 valence electrons. The third-order valence-electron chi connectivity index (χ3n) is 4.35. The van der Waals surface area contributed by atoms with Crippen LogP contribution in [-0.4, -0.2) is 36.7 Å². The lowest BCUT2D eigenvalue weighted by atomic mass is 9.80. The Bertz CT molecular complexity index is 709. The summed E-state index contributed by atoms with van der Waals surface area (Å²) in [6.45, 7) is 7.02. The first-order valence-corrected chi connectivity index (χ1v) is 8.53. The second-order valence-corrected chi connectivity index (χ2v) is 7.93. The number of aliphatic hydroxyl groups is 1. The van der Waals surface area contributed by atoms with Gasteiger partial charge in [-0.05, 0) is 12.1 Å². The Kier molecular flexibility index (Phi) is 3.20. The third kappa shape index (κ3) is 2.29. The molecule has 0 unspecified atom stereocenters. The summed E-state index contributed by atoms with van der Waals surface area (Å²) >= 11 is 0. The molecule has 1 aromatic rings. The van der Waals surface area contributed by atoms with Gasteiger partial charge in [0.2, 0.25) is 0 Å². The van der Waals surface area contributed by atoms with Crippen LogP contribution in [0.25, 0.3) is 4.85 Å². The Morgan fingerprint density at radius 3 is 2.67 bits per heavy atom. The van der Waals surface area contributed by atoms with Gasteiger partial charge in [0.1, 0.15) is 17.5 Å². The van der Waals surface area contributed by atoms with Crippen LogP contribution in [0.2, 0.25) is 0 Å². The lowest BCUT2D eigenvalue weighted by Gasteiger charge is -2.47. The molecule has 0 radical (unpaired) electrons. The van der Waals surface area contributed by atoms with Crippen LogP contribution in [0.15, 0.2) is 18.2 Å². The number of nitrogens with zero attached hydrogens (tertiary/aromatic N) is 1. The molecule has 3 N–H and O–H groups in total. The van der Waals surface area contributed by atoms with Gasteiger partial charge in [0.05, 0.1) is 24.1 Å². The van der Waals surface area contributed by atoms with E-state index in [1.165, 1.54) is 0 Å². The van der Waals surface area contributed by atoms with Gasteiger partial charge in [-0.1, -0.05) is 6.07 Å². The molecule has 6 nitrogen and oxygen atoms in total.